The van der Waals surface area contributed by atoms with Crippen LogP contribution in [-0.2, 0) is 6.18 Å². The molecule has 0 aliphatic heterocycles. The first kappa shape index (κ1) is 17.3. The fraction of sp³-hybridized carbons (Fsp3) is 0.278. The van der Waals surface area contributed by atoms with Crippen LogP contribution < -0.4 is 5.73 Å². The molecule has 0 bridgehead atoms. The normalized spacial score (nSPS) is 14.5. The summed E-state index contributed by atoms with van der Waals surface area (Å²) < 4.78 is 42.6. The van der Waals surface area contributed by atoms with E-state index in [9.17, 15) is 18.0 Å². The minimum atomic E-state index is -4.50. The molecule has 2 aromatic heterocycles. The van der Waals surface area contributed by atoms with Crippen LogP contribution in [0.2, 0.25) is 0 Å². The third-order valence-corrected chi connectivity index (χ3v) is 4.57. The largest absolute Gasteiger partial charge is 0.433 e. The van der Waals surface area contributed by atoms with Gasteiger partial charge in [0.15, 0.2) is 0 Å². The Morgan fingerprint density at radius 3 is 2.37 bits per heavy atom. The lowest BCUT2D eigenvalue weighted by Crippen LogP contribution is -2.17. The summed E-state index contributed by atoms with van der Waals surface area (Å²) in [6, 6.07) is 7.36. The van der Waals surface area contributed by atoms with E-state index >= 15 is 0 Å². The lowest BCUT2D eigenvalue weighted by atomic mass is 10.2. The van der Waals surface area contributed by atoms with Gasteiger partial charge in [0.1, 0.15) is 17.7 Å². The molecule has 0 unspecified atom stereocenters. The number of aryl methyl sites for hydroxylation is 1. The SMILES string of the molecule is Cc1ncn(-c2ccc(-n3nc(C4CC4)cc3C(F)(F)F)cc2)c1C(N)=O. The minimum absolute atomic E-state index is 0.110. The minimum Gasteiger partial charge on any atom is -0.364 e. The van der Waals surface area contributed by atoms with Crippen LogP contribution in [-0.4, -0.2) is 25.2 Å². The molecule has 0 atom stereocenters. The molecule has 3 aromatic rings. The molecule has 9 heteroatoms. The second kappa shape index (κ2) is 5.97. The topological polar surface area (TPSA) is 78.7 Å². The van der Waals surface area contributed by atoms with Gasteiger partial charge < -0.3 is 5.73 Å². The summed E-state index contributed by atoms with van der Waals surface area (Å²) in [5, 5.41) is 4.16. The zero-order valence-corrected chi connectivity index (χ0v) is 14.4. The second-order valence-corrected chi connectivity index (χ2v) is 6.57. The zero-order chi connectivity index (χ0) is 19.3. The molecule has 0 saturated heterocycles. The smallest absolute Gasteiger partial charge is 0.364 e. The van der Waals surface area contributed by atoms with Gasteiger partial charge in [-0.1, -0.05) is 0 Å². The van der Waals surface area contributed by atoms with Crippen LogP contribution in [0, 0.1) is 6.92 Å². The number of halogens is 3. The van der Waals surface area contributed by atoms with E-state index in [2.05, 4.69) is 10.1 Å². The van der Waals surface area contributed by atoms with Crippen molar-refractivity contribution in [2.75, 3.05) is 0 Å². The maximum atomic E-state index is 13.4. The highest BCUT2D eigenvalue weighted by molar-refractivity contribution is 5.92. The average Bonchev–Trinajstić information content (AvgIpc) is 3.22. The van der Waals surface area contributed by atoms with Gasteiger partial charge in [-0.3, -0.25) is 9.36 Å². The predicted molar refractivity (Wildman–Crippen MR) is 90.9 cm³/mol. The van der Waals surface area contributed by atoms with Crippen LogP contribution in [0.4, 0.5) is 13.2 Å². The highest BCUT2D eigenvalue weighted by Crippen LogP contribution is 2.42. The molecule has 0 spiro atoms. The lowest BCUT2D eigenvalue weighted by Gasteiger charge is -2.11. The number of hydrogen-bond acceptors (Lipinski definition) is 3. The number of primary amides is 1. The molecule has 1 aromatic carbocycles. The molecule has 1 saturated carbocycles. The number of nitrogens with zero attached hydrogens (tertiary/aromatic N) is 4. The van der Waals surface area contributed by atoms with Gasteiger partial charge in [-0.15, -0.1) is 0 Å². The Balaban J connectivity index is 1.74. The van der Waals surface area contributed by atoms with Gasteiger partial charge in [-0.05, 0) is 50.1 Å². The number of imidazole rings is 1. The van der Waals surface area contributed by atoms with Crippen molar-refractivity contribution in [3.63, 3.8) is 0 Å². The van der Waals surface area contributed by atoms with Crippen LogP contribution in [0.5, 0.6) is 0 Å². The van der Waals surface area contributed by atoms with E-state index in [-0.39, 0.29) is 17.3 Å². The Morgan fingerprint density at radius 2 is 1.81 bits per heavy atom. The van der Waals surface area contributed by atoms with E-state index in [1.165, 1.54) is 23.0 Å². The summed E-state index contributed by atoms with van der Waals surface area (Å²) in [4.78, 5) is 15.7. The van der Waals surface area contributed by atoms with Crippen LogP contribution in [0.15, 0.2) is 36.7 Å². The zero-order valence-electron chi connectivity index (χ0n) is 14.4. The molecule has 6 nitrogen and oxygen atoms in total. The molecule has 140 valence electrons. The number of hydrogen-bond donors (Lipinski definition) is 1. The van der Waals surface area contributed by atoms with Crippen molar-refractivity contribution in [2.45, 2.75) is 31.9 Å². The van der Waals surface area contributed by atoms with Crippen molar-refractivity contribution < 1.29 is 18.0 Å². The Morgan fingerprint density at radius 1 is 1.19 bits per heavy atom. The average molecular weight is 375 g/mol. The van der Waals surface area contributed by atoms with Gasteiger partial charge in [-0.2, -0.15) is 18.3 Å². The summed E-state index contributed by atoms with van der Waals surface area (Å²) in [5.41, 5.74) is 6.61. The van der Waals surface area contributed by atoms with Gasteiger partial charge in [0.2, 0.25) is 0 Å². The molecule has 4 rings (SSSR count). The van der Waals surface area contributed by atoms with Crippen molar-refractivity contribution in [1.29, 1.82) is 0 Å². The maximum absolute atomic E-state index is 13.4. The number of alkyl halides is 3. The molecule has 2 heterocycles. The number of rotatable bonds is 4. The van der Waals surface area contributed by atoms with Crippen LogP contribution in [0.3, 0.4) is 0 Å². The third kappa shape index (κ3) is 3.09. The first-order valence-electron chi connectivity index (χ1n) is 8.37. The lowest BCUT2D eigenvalue weighted by molar-refractivity contribution is -0.142. The Hall–Kier alpha value is -3.10. The van der Waals surface area contributed by atoms with E-state index in [4.69, 9.17) is 5.73 Å². The molecule has 1 amide bonds. The van der Waals surface area contributed by atoms with Gasteiger partial charge in [-0.25, -0.2) is 9.67 Å². The molecule has 27 heavy (non-hydrogen) atoms. The molecular weight excluding hydrogens is 359 g/mol. The quantitative estimate of drug-likeness (QED) is 0.759. The Bertz CT molecular complexity index is 1010. The first-order valence-corrected chi connectivity index (χ1v) is 8.37. The monoisotopic (exact) mass is 375 g/mol. The van der Waals surface area contributed by atoms with Gasteiger partial charge in [0.05, 0.1) is 17.1 Å². The van der Waals surface area contributed by atoms with E-state index < -0.39 is 17.8 Å². The van der Waals surface area contributed by atoms with E-state index in [1.54, 1.807) is 19.1 Å². The van der Waals surface area contributed by atoms with Crippen molar-refractivity contribution in [3.8, 4) is 11.4 Å². The molecular formula is C18H16F3N5O. The first-order chi connectivity index (χ1) is 12.8. The highest BCUT2D eigenvalue weighted by atomic mass is 19.4. The van der Waals surface area contributed by atoms with Crippen molar-refractivity contribution in [2.24, 2.45) is 5.73 Å². The van der Waals surface area contributed by atoms with Gasteiger partial charge >= 0.3 is 6.18 Å². The van der Waals surface area contributed by atoms with Crippen LogP contribution in [0.1, 0.15) is 46.3 Å². The predicted octanol–water partition coefficient (Wildman–Crippen LogP) is 3.36. The standard InChI is InChI=1S/C18H16F3N5O/c1-10-16(17(22)27)25(9-23-10)12-4-6-13(7-5-12)26-15(18(19,20)21)8-14(24-26)11-2-3-11/h4-9,11H,2-3H2,1H3,(H2,22,27). The summed E-state index contributed by atoms with van der Waals surface area (Å²) in [5.74, 6) is -0.520. The Labute approximate surface area is 152 Å². The van der Waals surface area contributed by atoms with Crippen molar-refractivity contribution in [3.05, 3.63) is 59.4 Å². The van der Waals surface area contributed by atoms with Crippen molar-refractivity contribution >= 4 is 5.91 Å². The summed E-state index contributed by atoms with van der Waals surface area (Å²) >= 11 is 0. The third-order valence-electron chi connectivity index (χ3n) is 4.57. The number of aromatic nitrogens is 4. The number of amides is 1. The molecule has 1 aliphatic carbocycles. The van der Waals surface area contributed by atoms with E-state index in [1.807, 2.05) is 0 Å². The number of carbonyl (C=O) groups is 1. The molecule has 1 fully saturated rings. The highest BCUT2D eigenvalue weighted by Gasteiger charge is 2.38. The van der Waals surface area contributed by atoms with Gasteiger partial charge in [0, 0.05) is 11.6 Å². The Kier molecular flexibility index (Phi) is 3.83. The van der Waals surface area contributed by atoms with Crippen LogP contribution in [0.25, 0.3) is 11.4 Å². The van der Waals surface area contributed by atoms with Gasteiger partial charge in [0.25, 0.3) is 5.91 Å². The number of carbonyl (C=O) groups excluding carboxylic acids is 1. The molecule has 0 radical (unpaired) electrons. The molecule has 1 aliphatic rings. The second-order valence-electron chi connectivity index (χ2n) is 6.57. The fourth-order valence-electron chi connectivity index (χ4n) is 3.06. The van der Waals surface area contributed by atoms with Crippen LogP contribution >= 0.6 is 0 Å². The summed E-state index contributed by atoms with van der Waals surface area (Å²) in [6.07, 6.45) is -1.32. The fourth-order valence-corrected chi connectivity index (χ4v) is 3.06. The summed E-state index contributed by atoms with van der Waals surface area (Å²) in [7, 11) is 0. The number of nitrogens with two attached hydrogens (primary N) is 1. The molecule has 2 N–H and O–H groups in total. The number of benzene rings is 1. The van der Waals surface area contributed by atoms with E-state index in [0.717, 1.165) is 23.6 Å². The van der Waals surface area contributed by atoms with Crippen molar-refractivity contribution in [1.82, 2.24) is 19.3 Å². The summed E-state index contributed by atoms with van der Waals surface area (Å²) in [6.45, 7) is 1.66. The van der Waals surface area contributed by atoms with E-state index in [0.29, 0.717) is 17.1 Å². The maximum Gasteiger partial charge on any atom is 0.433 e.